The van der Waals surface area contributed by atoms with E-state index in [1.165, 1.54) is 0 Å². The molecule has 1 saturated heterocycles. The van der Waals surface area contributed by atoms with E-state index < -0.39 is 0 Å². The van der Waals surface area contributed by atoms with Crippen LogP contribution < -0.4 is 0 Å². The van der Waals surface area contributed by atoms with Gasteiger partial charge in [0.2, 0.25) is 5.91 Å². The van der Waals surface area contributed by atoms with Crippen molar-refractivity contribution in [2.24, 2.45) is 0 Å². The van der Waals surface area contributed by atoms with Crippen LogP contribution in [0.1, 0.15) is 23.4 Å². The molecule has 0 N–H and O–H groups in total. The molecule has 1 aliphatic heterocycles. The molecule has 0 radical (unpaired) electrons. The van der Waals surface area contributed by atoms with E-state index >= 15 is 0 Å². The van der Waals surface area contributed by atoms with E-state index in [0.29, 0.717) is 26.2 Å². The Hall–Kier alpha value is -2.34. The minimum absolute atomic E-state index is 0.0873. The summed E-state index contributed by atoms with van der Waals surface area (Å²) in [6.45, 7) is 3.78. The molecule has 0 aromatic carbocycles. The van der Waals surface area contributed by atoms with Gasteiger partial charge in [-0.05, 0) is 31.4 Å². The third-order valence-corrected chi connectivity index (χ3v) is 4.32. The Labute approximate surface area is 141 Å². The zero-order valence-electron chi connectivity index (χ0n) is 13.9. The summed E-state index contributed by atoms with van der Waals surface area (Å²) in [5.41, 5.74) is 2.88. The Balaban J connectivity index is 1.62. The predicted molar refractivity (Wildman–Crippen MR) is 89.4 cm³/mol. The van der Waals surface area contributed by atoms with Crippen molar-refractivity contribution in [2.45, 2.75) is 32.2 Å². The van der Waals surface area contributed by atoms with Crippen LogP contribution in [0.5, 0.6) is 0 Å². The van der Waals surface area contributed by atoms with Crippen LogP contribution in [0.4, 0.5) is 0 Å². The average Bonchev–Trinajstić information content (AvgIpc) is 2.62. The second kappa shape index (κ2) is 7.97. The fourth-order valence-corrected chi connectivity index (χ4v) is 2.99. The second-order valence-corrected chi connectivity index (χ2v) is 5.98. The van der Waals surface area contributed by atoms with Crippen LogP contribution in [0.25, 0.3) is 0 Å². The van der Waals surface area contributed by atoms with Crippen LogP contribution in [0.2, 0.25) is 0 Å². The summed E-state index contributed by atoms with van der Waals surface area (Å²) >= 11 is 0. The van der Waals surface area contributed by atoms with Gasteiger partial charge in [0.25, 0.3) is 0 Å². The minimum atomic E-state index is 0.0873. The van der Waals surface area contributed by atoms with Crippen LogP contribution in [0, 0.1) is 6.92 Å². The third kappa shape index (κ3) is 4.14. The summed E-state index contributed by atoms with van der Waals surface area (Å²) < 4.78 is 5.59. The highest BCUT2D eigenvalue weighted by molar-refractivity contribution is 5.79. The van der Waals surface area contributed by atoms with E-state index in [9.17, 15) is 4.79 Å². The number of morpholine rings is 1. The first-order chi connectivity index (χ1) is 11.7. The Morgan fingerprint density at radius 2 is 2.21 bits per heavy atom. The van der Waals surface area contributed by atoms with Gasteiger partial charge in [-0.2, -0.15) is 0 Å². The predicted octanol–water partition coefficient (Wildman–Crippen LogP) is 1.58. The lowest BCUT2D eigenvalue weighted by Crippen LogP contribution is -2.49. The minimum Gasteiger partial charge on any atom is -0.377 e. The van der Waals surface area contributed by atoms with Gasteiger partial charge in [0.05, 0.1) is 37.1 Å². The number of amides is 1. The topological polar surface area (TPSA) is 68.2 Å². The lowest BCUT2D eigenvalue weighted by atomic mass is 10.0. The quantitative estimate of drug-likeness (QED) is 0.834. The third-order valence-electron chi connectivity index (χ3n) is 4.32. The van der Waals surface area contributed by atoms with E-state index in [0.717, 1.165) is 29.8 Å². The van der Waals surface area contributed by atoms with Gasteiger partial charge in [-0.15, -0.1) is 0 Å². The fraction of sp³-hybridized carbons (Fsp3) is 0.444. The largest absolute Gasteiger partial charge is 0.377 e. The van der Waals surface area contributed by atoms with Gasteiger partial charge >= 0.3 is 0 Å². The van der Waals surface area contributed by atoms with E-state index in [2.05, 4.69) is 15.0 Å². The van der Waals surface area contributed by atoms with Crippen LogP contribution in [-0.2, 0) is 22.4 Å². The molecule has 0 saturated carbocycles. The highest BCUT2D eigenvalue weighted by Crippen LogP contribution is 2.16. The number of aromatic nitrogens is 3. The molecular formula is C18H22N4O2. The number of rotatable bonds is 5. The summed E-state index contributed by atoms with van der Waals surface area (Å²) in [6.07, 6.45) is 8.89. The van der Waals surface area contributed by atoms with Crippen molar-refractivity contribution in [3.63, 3.8) is 0 Å². The van der Waals surface area contributed by atoms with Crippen molar-refractivity contribution in [3.8, 4) is 0 Å². The number of carbonyl (C=O) groups excluding carboxylic acids is 1. The molecule has 0 bridgehead atoms. The van der Waals surface area contributed by atoms with Crippen molar-refractivity contribution < 1.29 is 9.53 Å². The number of hydrogen-bond donors (Lipinski definition) is 0. The van der Waals surface area contributed by atoms with Crippen molar-refractivity contribution >= 4 is 5.91 Å². The standard InChI is InChI=1S/C18H22N4O2/c1-14-17(21-8-7-20-14)5-4-16-13-24-10-9-22(16)18(23)11-15-3-2-6-19-12-15/h2-3,6-8,12,16H,4-5,9-11,13H2,1H3/t16-/m1/s1. The molecule has 3 rings (SSSR count). The Morgan fingerprint density at radius 3 is 3.00 bits per heavy atom. The molecule has 2 aromatic heterocycles. The molecule has 1 atom stereocenters. The molecule has 2 aromatic rings. The molecule has 1 aliphatic rings. The lowest BCUT2D eigenvalue weighted by molar-refractivity contribution is -0.139. The van der Waals surface area contributed by atoms with Crippen molar-refractivity contribution in [1.82, 2.24) is 19.9 Å². The van der Waals surface area contributed by atoms with Crippen molar-refractivity contribution in [2.75, 3.05) is 19.8 Å². The zero-order chi connectivity index (χ0) is 16.8. The summed E-state index contributed by atoms with van der Waals surface area (Å²) in [6, 6.07) is 3.88. The molecule has 126 valence electrons. The second-order valence-electron chi connectivity index (χ2n) is 5.98. The molecule has 24 heavy (non-hydrogen) atoms. The monoisotopic (exact) mass is 326 g/mol. The molecule has 6 nitrogen and oxygen atoms in total. The lowest BCUT2D eigenvalue weighted by Gasteiger charge is -2.36. The van der Waals surface area contributed by atoms with E-state index in [-0.39, 0.29) is 11.9 Å². The van der Waals surface area contributed by atoms with E-state index in [1.807, 2.05) is 24.0 Å². The molecule has 3 heterocycles. The normalized spacial score (nSPS) is 17.7. The summed E-state index contributed by atoms with van der Waals surface area (Å²) in [4.78, 5) is 27.4. The van der Waals surface area contributed by atoms with Gasteiger partial charge in [-0.3, -0.25) is 19.7 Å². The summed E-state index contributed by atoms with van der Waals surface area (Å²) in [5.74, 6) is 0.132. The fourth-order valence-electron chi connectivity index (χ4n) is 2.99. The van der Waals surface area contributed by atoms with Gasteiger partial charge in [-0.1, -0.05) is 6.07 Å². The number of hydrogen-bond acceptors (Lipinski definition) is 5. The maximum absolute atomic E-state index is 12.7. The van der Waals surface area contributed by atoms with Gasteiger partial charge in [-0.25, -0.2) is 0 Å². The Kier molecular flexibility index (Phi) is 5.48. The number of nitrogens with zero attached hydrogens (tertiary/aromatic N) is 4. The molecule has 6 heteroatoms. The molecule has 0 unspecified atom stereocenters. The number of aryl methyl sites for hydroxylation is 2. The van der Waals surface area contributed by atoms with Gasteiger partial charge in [0, 0.05) is 31.3 Å². The number of carbonyl (C=O) groups is 1. The number of pyridine rings is 1. The maximum Gasteiger partial charge on any atom is 0.227 e. The van der Waals surface area contributed by atoms with Gasteiger partial charge < -0.3 is 9.64 Å². The average molecular weight is 326 g/mol. The highest BCUT2D eigenvalue weighted by Gasteiger charge is 2.27. The smallest absolute Gasteiger partial charge is 0.227 e. The zero-order valence-corrected chi connectivity index (χ0v) is 13.9. The maximum atomic E-state index is 12.7. The van der Waals surface area contributed by atoms with E-state index in [1.54, 1.807) is 24.8 Å². The first-order valence-electron chi connectivity index (χ1n) is 8.26. The first kappa shape index (κ1) is 16.5. The van der Waals surface area contributed by atoms with Crippen LogP contribution in [0.3, 0.4) is 0 Å². The molecular weight excluding hydrogens is 304 g/mol. The summed E-state index contributed by atoms with van der Waals surface area (Å²) in [7, 11) is 0. The SMILES string of the molecule is Cc1nccnc1CC[C@@H]1COCCN1C(=O)Cc1cccnc1. The molecule has 0 spiro atoms. The van der Waals surface area contributed by atoms with Gasteiger partial charge in [0.15, 0.2) is 0 Å². The van der Waals surface area contributed by atoms with Crippen molar-refractivity contribution in [1.29, 1.82) is 0 Å². The number of ether oxygens (including phenoxy) is 1. The first-order valence-corrected chi connectivity index (χ1v) is 8.26. The highest BCUT2D eigenvalue weighted by atomic mass is 16.5. The Morgan fingerprint density at radius 1 is 1.33 bits per heavy atom. The molecule has 1 amide bonds. The molecule has 1 fully saturated rings. The van der Waals surface area contributed by atoms with E-state index in [4.69, 9.17) is 4.74 Å². The molecule has 0 aliphatic carbocycles. The Bertz CT molecular complexity index is 678. The summed E-state index contributed by atoms with van der Waals surface area (Å²) in [5, 5.41) is 0. The van der Waals surface area contributed by atoms with Crippen molar-refractivity contribution in [3.05, 3.63) is 53.9 Å². The van der Waals surface area contributed by atoms with Crippen LogP contribution in [-0.4, -0.2) is 51.6 Å². The van der Waals surface area contributed by atoms with Crippen LogP contribution >= 0.6 is 0 Å². The van der Waals surface area contributed by atoms with Crippen LogP contribution in [0.15, 0.2) is 36.9 Å². The van der Waals surface area contributed by atoms with Gasteiger partial charge in [0.1, 0.15) is 0 Å².